The van der Waals surface area contributed by atoms with Gasteiger partial charge in [-0.2, -0.15) is 10.1 Å². The summed E-state index contributed by atoms with van der Waals surface area (Å²) in [5.74, 6) is 1.00. The zero-order chi connectivity index (χ0) is 28.6. The van der Waals surface area contributed by atoms with E-state index in [2.05, 4.69) is 42.7 Å². The molecule has 14 heteroatoms. The van der Waals surface area contributed by atoms with Crippen LogP contribution in [0, 0.1) is 0 Å². The highest BCUT2D eigenvalue weighted by Crippen LogP contribution is 2.28. The van der Waals surface area contributed by atoms with Gasteiger partial charge in [0, 0.05) is 12.6 Å². The lowest BCUT2D eigenvalue weighted by molar-refractivity contribution is 0.159. The molecule has 0 aliphatic carbocycles. The minimum atomic E-state index is -0.831. The van der Waals surface area contributed by atoms with E-state index in [9.17, 15) is 14.7 Å². The van der Waals surface area contributed by atoms with E-state index < -0.39 is 17.7 Å². The number of carbonyl (C=O) groups excluding carboxylic acids is 2. The lowest BCUT2D eigenvalue weighted by Crippen LogP contribution is -2.41. The van der Waals surface area contributed by atoms with Crippen molar-refractivity contribution in [3.05, 3.63) is 29.7 Å². The number of rotatable bonds is 12. The average Bonchev–Trinajstić information content (AvgIpc) is 3.31. The summed E-state index contributed by atoms with van der Waals surface area (Å²) >= 11 is 0. The summed E-state index contributed by atoms with van der Waals surface area (Å²) in [6, 6.07) is 3.47. The third kappa shape index (κ3) is 7.22. The van der Waals surface area contributed by atoms with Gasteiger partial charge in [-0.3, -0.25) is 10.00 Å². The Hall–Kier alpha value is -4.20. The Morgan fingerprint density at radius 1 is 1.08 bits per heavy atom. The molecule has 3 rings (SSSR count). The minimum absolute atomic E-state index is 0.00172. The second-order valence-corrected chi connectivity index (χ2v) is 9.28. The van der Waals surface area contributed by atoms with E-state index in [0.717, 1.165) is 12.8 Å². The summed E-state index contributed by atoms with van der Waals surface area (Å²) in [5.41, 5.74) is 1.36. The molecule has 3 aromatic heterocycles. The van der Waals surface area contributed by atoms with Crippen molar-refractivity contribution in [1.29, 1.82) is 0 Å². The van der Waals surface area contributed by atoms with Crippen LogP contribution in [-0.2, 0) is 21.6 Å². The lowest BCUT2D eigenvalue weighted by Gasteiger charge is -2.26. The van der Waals surface area contributed by atoms with Crippen LogP contribution in [0.5, 0.6) is 5.75 Å². The molecule has 0 aliphatic rings. The van der Waals surface area contributed by atoms with Crippen molar-refractivity contribution >= 4 is 35.0 Å². The highest BCUT2D eigenvalue weighted by molar-refractivity contribution is 5.89. The first-order chi connectivity index (χ1) is 18.6. The number of nitrogens with zero attached hydrogens (tertiary/aromatic N) is 5. The second-order valence-electron chi connectivity index (χ2n) is 9.28. The number of fused-ring (bicyclic) bond motifs is 1. The molecule has 39 heavy (non-hydrogen) atoms. The standard InChI is InChI=1S/C25H36N8O6/c1-7-8-15(11-12-34)27-21-20-16(29-22(30-21)31-23(35)38-5)13-26-33(20)14-17-18(37-4)9-10-19(28-17)25(2,3)32-24(36)39-6/h9-10,13,15,34H,7-8,11-12,14H2,1-6H3,(H,32,36)(H2,27,29,30,31,35)/t15-/m0/s1. The maximum Gasteiger partial charge on any atom is 0.413 e. The van der Waals surface area contributed by atoms with E-state index >= 15 is 0 Å². The van der Waals surface area contributed by atoms with Crippen molar-refractivity contribution in [3.8, 4) is 5.75 Å². The number of carbonyl (C=O) groups is 2. The molecular weight excluding hydrogens is 508 g/mol. The zero-order valence-corrected chi connectivity index (χ0v) is 23.1. The molecule has 0 saturated carbocycles. The molecule has 3 aromatic rings. The summed E-state index contributed by atoms with van der Waals surface area (Å²) in [6.45, 7) is 5.87. The summed E-state index contributed by atoms with van der Waals surface area (Å²) in [5, 5.41) is 22.7. The first-order valence-electron chi connectivity index (χ1n) is 12.5. The number of pyridine rings is 1. The molecule has 3 heterocycles. The van der Waals surface area contributed by atoms with Crippen LogP contribution >= 0.6 is 0 Å². The van der Waals surface area contributed by atoms with Gasteiger partial charge in [-0.25, -0.2) is 19.6 Å². The molecule has 212 valence electrons. The predicted molar refractivity (Wildman–Crippen MR) is 144 cm³/mol. The van der Waals surface area contributed by atoms with Crippen LogP contribution in [0.4, 0.5) is 21.4 Å². The van der Waals surface area contributed by atoms with Crippen molar-refractivity contribution in [2.24, 2.45) is 0 Å². The van der Waals surface area contributed by atoms with E-state index in [0.29, 0.717) is 40.4 Å². The van der Waals surface area contributed by atoms with Crippen LogP contribution in [-0.4, -0.2) is 76.0 Å². The fourth-order valence-corrected chi connectivity index (χ4v) is 4.05. The van der Waals surface area contributed by atoms with Gasteiger partial charge >= 0.3 is 12.2 Å². The van der Waals surface area contributed by atoms with E-state index in [1.165, 1.54) is 14.2 Å². The van der Waals surface area contributed by atoms with Crippen molar-refractivity contribution in [2.75, 3.05) is 38.6 Å². The van der Waals surface area contributed by atoms with Crippen molar-refractivity contribution < 1.29 is 28.9 Å². The summed E-state index contributed by atoms with van der Waals surface area (Å²) in [6.07, 6.45) is 2.46. The minimum Gasteiger partial charge on any atom is -0.495 e. The third-order valence-corrected chi connectivity index (χ3v) is 6.04. The molecule has 2 amide bonds. The predicted octanol–water partition coefficient (Wildman–Crippen LogP) is 3.01. The number of ether oxygens (including phenoxy) is 3. The number of aliphatic hydroxyl groups is 1. The molecule has 0 unspecified atom stereocenters. The molecule has 1 atom stereocenters. The normalized spacial score (nSPS) is 12.1. The lowest BCUT2D eigenvalue weighted by atomic mass is 9.99. The van der Waals surface area contributed by atoms with Crippen LogP contribution in [0.2, 0.25) is 0 Å². The molecule has 0 radical (unpaired) electrons. The number of alkyl carbamates (subject to hydrolysis) is 1. The van der Waals surface area contributed by atoms with Crippen LogP contribution < -0.4 is 20.7 Å². The average molecular weight is 545 g/mol. The van der Waals surface area contributed by atoms with Crippen LogP contribution in [0.1, 0.15) is 51.4 Å². The summed E-state index contributed by atoms with van der Waals surface area (Å²) < 4.78 is 16.7. The van der Waals surface area contributed by atoms with Gasteiger partial charge in [-0.05, 0) is 38.8 Å². The first kappa shape index (κ1) is 29.4. The number of nitrogens with one attached hydrogen (secondary N) is 3. The second kappa shape index (κ2) is 13.0. The Bertz CT molecular complexity index is 1290. The van der Waals surface area contributed by atoms with Crippen molar-refractivity contribution in [1.82, 2.24) is 30.0 Å². The molecule has 0 fully saturated rings. The van der Waals surface area contributed by atoms with Gasteiger partial charge in [0.1, 0.15) is 22.5 Å². The number of methoxy groups -OCH3 is 3. The molecular formula is C25H36N8O6. The van der Waals surface area contributed by atoms with Crippen LogP contribution in [0.3, 0.4) is 0 Å². The maximum absolute atomic E-state index is 11.9. The highest BCUT2D eigenvalue weighted by atomic mass is 16.5. The highest BCUT2D eigenvalue weighted by Gasteiger charge is 2.27. The third-order valence-electron chi connectivity index (χ3n) is 6.04. The number of anilines is 2. The number of amides is 2. The SMILES string of the molecule is CCC[C@@H](CCO)Nc1nc(NC(=O)OC)nc2cnn(Cc3nc(C(C)(C)NC(=O)OC)ccc3OC)c12. The summed E-state index contributed by atoms with van der Waals surface area (Å²) in [7, 11) is 4.09. The molecule has 4 N–H and O–H groups in total. The molecule has 0 bridgehead atoms. The monoisotopic (exact) mass is 544 g/mol. The topological polar surface area (TPSA) is 175 Å². The van der Waals surface area contributed by atoms with Crippen molar-refractivity contribution in [3.63, 3.8) is 0 Å². The van der Waals surface area contributed by atoms with Gasteiger partial charge in [0.05, 0.1) is 45.3 Å². The van der Waals surface area contributed by atoms with Gasteiger partial charge in [0.25, 0.3) is 0 Å². The Morgan fingerprint density at radius 3 is 2.46 bits per heavy atom. The van der Waals surface area contributed by atoms with Gasteiger partial charge in [0.2, 0.25) is 5.95 Å². The van der Waals surface area contributed by atoms with E-state index in [4.69, 9.17) is 14.5 Å². The van der Waals surface area contributed by atoms with E-state index in [-0.39, 0.29) is 25.1 Å². The molecule has 0 aliphatic heterocycles. The maximum atomic E-state index is 11.9. The Morgan fingerprint density at radius 2 is 1.82 bits per heavy atom. The molecule has 0 aromatic carbocycles. The first-order valence-corrected chi connectivity index (χ1v) is 12.5. The zero-order valence-electron chi connectivity index (χ0n) is 23.1. The Labute approximate surface area is 226 Å². The molecule has 0 saturated heterocycles. The molecule has 0 spiro atoms. The fraction of sp³-hybridized carbons (Fsp3) is 0.520. The number of aliphatic hydroxyl groups excluding tert-OH is 1. The fourth-order valence-electron chi connectivity index (χ4n) is 4.05. The number of hydrogen-bond acceptors (Lipinski definition) is 11. The Balaban J connectivity index is 2.08. The van der Waals surface area contributed by atoms with Gasteiger partial charge < -0.3 is 30.0 Å². The van der Waals surface area contributed by atoms with Crippen LogP contribution in [0.15, 0.2) is 18.3 Å². The van der Waals surface area contributed by atoms with E-state index in [1.807, 2.05) is 13.8 Å². The molecule has 14 nitrogen and oxygen atoms in total. The van der Waals surface area contributed by atoms with Crippen molar-refractivity contribution in [2.45, 2.75) is 58.2 Å². The Kier molecular flexibility index (Phi) is 9.82. The largest absolute Gasteiger partial charge is 0.495 e. The number of hydrogen-bond donors (Lipinski definition) is 4. The van der Waals surface area contributed by atoms with E-state index in [1.54, 1.807) is 30.1 Å². The van der Waals surface area contributed by atoms with Crippen LogP contribution in [0.25, 0.3) is 11.0 Å². The number of aromatic nitrogens is 5. The van der Waals surface area contributed by atoms with Gasteiger partial charge in [-0.15, -0.1) is 0 Å². The quantitative estimate of drug-likeness (QED) is 0.264. The van der Waals surface area contributed by atoms with Gasteiger partial charge in [0.15, 0.2) is 5.82 Å². The smallest absolute Gasteiger partial charge is 0.413 e. The van der Waals surface area contributed by atoms with Gasteiger partial charge in [-0.1, -0.05) is 13.3 Å². The summed E-state index contributed by atoms with van der Waals surface area (Å²) in [4.78, 5) is 37.4.